The van der Waals surface area contributed by atoms with Crippen molar-refractivity contribution in [2.45, 2.75) is 62.9 Å². The number of nitrogens with zero attached hydrogens (tertiary/aromatic N) is 2. The van der Waals surface area contributed by atoms with Gasteiger partial charge in [-0.2, -0.15) is 0 Å². The molecule has 0 saturated heterocycles. The molecular formula is C28H29ClN4O2. The number of urea groups is 1. The zero-order chi connectivity index (χ0) is 24.0. The van der Waals surface area contributed by atoms with E-state index in [9.17, 15) is 9.59 Å². The highest BCUT2D eigenvalue weighted by molar-refractivity contribution is 6.30. The van der Waals surface area contributed by atoms with Crippen molar-refractivity contribution >= 4 is 29.1 Å². The van der Waals surface area contributed by atoms with Gasteiger partial charge in [0.15, 0.2) is 0 Å². The van der Waals surface area contributed by atoms with Gasteiger partial charge in [-0.25, -0.2) is 9.78 Å². The minimum Gasteiger partial charge on any atom is -0.332 e. The standard InChI is InChI=1S/C28H29ClN4O2/c29-19-6-8-20(9-7-19)31-26(35)32-28-11-3-10-27(12-14-28,13-15-28)25(34)16-23-21-4-1-2-5-22(21)24-17-30-18-33(23)24/h1-2,4-9,17-18,23H,3,10-16H2,(H2,31,32,35). The monoisotopic (exact) mass is 488 g/mol. The van der Waals surface area contributed by atoms with Crippen LogP contribution in [-0.4, -0.2) is 26.9 Å². The van der Waals surface area contributed by atoms with Gasteiger partial charge in [0.05, 0.1) is 24.3 Å². The lowest BCUT2D eigenvalue weighted by Gasteiger charge is -2.42. The third-order valence-electron chi connectivity index (χ3n) is 8.52. The smallest absolute Gasteiger partial charge is 0.319 e. The number of amides is 2. The van der Waals surface area contributed by atoms with Gasteiger partial charge < -0.3 is 15.2 Å². The van der Waals surface area contributed by atoms with E-state index >= 15 is 0 Å². The van der Waals surface area contributed by atoms with E-state index in [1.807, 2.05) is 18.6 Å². The fourth-order valence-electron chi connectivity index (χ4n) is 6.55. The van der Waals surface area contributed by atoms with E-state index in [0.717, 1.165) is 50.6 Å². The van der Waals surface area contributed by atoms with Crippen molar-refractivity contribution < 1.29 is 9.59 Å². The number of benzene rings is 2. The number of hydrogen-bond donors (Lipinski definition) is 2. The minimum atomic E-state index is -0.285. The molecule has 0 spiro atoms. The van der Waals surface area contributed by atoms with Gasteiger partial charge in [0, 0.05) is 33.6 Å². The quantitative estimate of drug-likeness (QED) is 0.438. The first kappa shape index (κ1) is 22.4. The second-order valence-corrected chi connectivity index (χ2v) is 10.9. The average Bonchev–Trinajstić information content (AvgIpc) is 3.33. The summed E-state index contributed by atoms with van der Waals surface area (Å²) in [5.74, 6) is 0.361. The Morgan fingerprint density at radius 2 is 1.77 bits per heavy atom. The highest BCUT2D eigenvalue weighted by atomic mass is 35.5. The lowest BCUT2D eigenvalue weighted by atomic mass is 9.65. The molecule has 180 valence electrons. The van der Waals surface area contributed by atoms with E-state index < -0.39 is 0 Å². The summed E-state index contributed by atoms with van der Waals surface area (Å²) in [6.45, 7) is 0. The summed E-state index contributed by atoms with van der Waals surface area (Å²) >= 11 is 5.95. The normalized spacial score (nSPS) is 26.5. The Bertz CT molecular complexity index is 1270. The Kier molecular flexibility index (Phi) is 5.44. The largest absolute Gasteiger partial charge is 0.332 e. The van der Waals surface area contributed by atoms with E-state index in [1.54, 1.807) is 24.3 Å². The first-order valence-corrected chi connectivity index (χ1v) is 12.8. The van der Waals surface area contributed by atoms with Crippen molar-refractivity contribution in [1.29, 1.82) is 0 Å². The number of imidazole rings is 1. The summed E-state index contributed by atoms with van der Waals surface area (Å²) in [7, 11) is 0. The van der Waals surface area contributed by atoms with Crippen molar-refractivity contribution in [1.82, 2.24) is 14.9 Å². The number of rotatable bonds is 5. The molecule has 7 heteroatoms. The van der Waals surface area contributed by atoms with Crippen LogP contribution in [0.3, 0.4) is 0 Å². The van der Waals surface area contributed by atoms with Crippen molar-refractivity contribution in [3.8, 4) is 11.3 Å². The molecule has 2 heterocycles. The molecular weight excluding hydrogens is 460 g/mol. The van der Waals surface area contributed by atoms with Crippen LogP contribution in [0.25, 0.3) is 11.3 Å². The molecule has 7 rings (SSSR count). The summed E-state index contributed by atoms with van der Waals surface area (Å²) in [5.41, 5.74) is 3.68. The van der Waals surface area contributed by atoms with Crippen molar-refractivity contribution in [3.05, 3.63) is 71.6 Å². The maximum atomic E-state index is 13.9. The fourth-order valence-corrected chi connectivity index (χ4v) is 6.67. The van der Waals surface area contributed by atoms with Gasteiger partial charge in [0.25, 0.3) is 0 Å². The van der Waals surface area contributed by atoms with Crippen LogP contribution in [0, 0.1) is 5.41 Å². The molecule has 3 aromatic rings. The predicted octanol–water partition coefficient (Wildman–Crippen LogP) is 6.37. The van der Waals surface area contributed by atoms with E-state index in [-0.39, 0.29) is 23.0 Å². The fraction of sp³-hybridized carbons (Fsp3) is 0.393. The van der Waals surface area contributed by atoms with Gasteiger partial charge in [-0.05, 0) is 68.4 Å². The van der Waals surface area contributed by atoms with Gasteiger partial charge in [0.1, 0.15) is 5.78 Å². The van der Waals surface area contributed by atoms with E-state index in [0.29, 0.717) is 22.9 Å². The van der Waals surface area contributed by atoms with Crippen molar-refractivity contribution in [2.75, 3.05) is 5.32 Å². The van der Waals surface area contributed by atoms with E-state index in [1.165, 1.54) is 11.1 Å². The second-order valence-electron chi connectivity index (χ2n) is 10.4. The van der Waals surface area contributed by atoms with Crippen molar-refractivity contribution in [3.63, 3.8) is 0 Å². The number of anilines is 1. The average molecular weight is 489 g/mol. The molecule has 3 fully saturated rings. The maximum Gasteiger partial charge on any atom is 0.319 e. The number of hydrogen-bond acceptors (Lipinski definition) is 3. The summed E-state index contributed by atoms with van der Waals surface area (Å²) in [5, 5.41) is 6.83. The van der Waals surface area contributed by atoms with Crippen LogP contribution in [0.1, 0.15) is 63.0 Å². The molecule has 6 nitrogen and oxygen atoms in total. The zero-order valence-corrected chi connectivity index (χ0v) is 20.4. The van der Waals surface area contributed by atoms with Gasteiger partial charge in [0.2, 0.25) is 0 Å². The van der Waals surface area contributed by atoms with Gasteiger partial charge >= 0.3 is 6.03 Å². The Balaban J connectivity index is 1.14. The molecule has 3 saturated carbocycles. The minimum absolute atomic E-state index is 0.0174. The van der Waals surface area contributed by atoms with Crippen LogP contribution in [0.15, 0.2) is 61.1 Å². The molecule has 1 atom stereocenters. The molecule has 3 aliphatic carbocycles. The van der Waals surface area contributed by atoms with Gasteiger partial charge in [-0.1, -0.05) is 42.3 Å². The molecule has 35 heavy (non-hydrogen) atoms. The first-order chi connectivity index (χ1) is 17.0. The Morgan fingerprint density at radius 1 is 1.00 bits per heavy atom. The molecule has 2 amide bonds. The lowest BCUT2D eigenvalue weighted by molar-refractivity contribution is -0.131. The first-order valence-electron chi connectivity index (χ1n) is 12.5. The van der Waals surface area contributed by atoms with Crippen LogP contribution in [0.4, 0.5) is 10.5 Å². The maximum absolute atomic E-state index is 13.9. The number of aromatic nitrogens is 2. The molecule has 4 aliphatic rings. The SMILES string of the molecule is O=C(Nc1ccc(Cl)cc1)NC12CCCC(C(=O)CC3c4ccccc4-c4cncn43)(CC1)CC2. The summed E-state index contributed by atoms with van der Waals surface area (Å²) < 4.78 is 2.16. The zero-order valence-electron chi connectivity index (χ0n) is 19.6. The van der Waals surface area contributed by atoms with Crippen LogP contribution in [0.2, 0.25) is 5.02 Å². The third kappa shape index (κ3) is 3.94. The van der Waals surface area contributed by atoms with Crippen LogP contribution in [-0.2, 0) is 4.79 Å². The van der Waals surface area contributed by atoms with Crippen molar-refractivity contribution in [2.24, 2.45) is 5.41 Å². The predicted molar refractivity (Wildman–Crippen MR) is 137 cm³/mol. The van der Waals surface area contributed by atoms with E-state index in [2.05, 4.69) is 38.4 Å². The third-order valence-corrected chi connectivity index (χ3v) is 8.78. The summed E-state index contributed by atoms with van der Waals surface area (Å²) in [6, 6.07) is 15.3. The number of ketones is 1. The number of nitrogens with one attached hydrogen (secondary N) is 2. The number of carbonyl (C=O) groups excluding carboxylic acids is 2. The Hall–Kier alpha value is -3.12. The molecule has 1 unspecified atom stereocenters. The number of carbonyl (C=O) groups is 2. The number of Topliss-reactive ketones (excluding diaryl/α,β-unsaturated/α-hetero) is 1. The number of fused-ring (bicyclic) bond motifs is 7. The summed E-state index contributed by atoms with van der Waals surface area (Å²) in [4.78, 5) is 31.0. The van der Waals surface area contributed by atoms with Gasteiger partial charge in [-0.3, -0.25) is 4.79 Å². The molecule has 2 aromatic carbocycles. The molecule has 0 radical (unpaired) electrons. The molecule has 1 aliphatic heterocycles. The molecule has 2 N–H and O–H groups in total. The highest BCUT2D eigenvalue weighted by Gasteiger charge is 2.50. The number of halogens is 1. The van der Waals surface area contributed by atoms with Gasteiger partial charge in [-0.15, -0.1) is 0 Å². The van der Waals surface area contributed by atoms with Crippen LogP contribution in [0.5, 0.6) is 0 Å². The Labute approximate surface area is 210 Å². The summed E-state index contributed by atoms with van der Waals surface area (Å²) in [6.07, 6.45) is 10.3. The van der Waals surface area contributed by atoms with Crippen LogP contribution >= 0.6 is 11.6 Å². The molecule has 1 aromatic heterocycles. The topological polar surface area (TPSA) is 76.0 Å². The second kappa shape index (κ2) is 8.52. The van der Waals surface area contributed by atoms with E-state index in [4.69, 9.17) is 11.6 Å². The van der Waals surface area contributed by atoms with Crippen LogP contribution < -0.4 is 10.6 Å². The highest BCUT2D eigenvalue weighted by Crippen LogP contribution is 2.52. The molecule has 2 bridgehead atoms. The Morgan fingerprint density at radius 3 is 2.57 bits per heavy atom. The lowest BCUT2D eigenvalue weighted by Crippen LogP contribution is -2.52.